The summed E-state index contributed by atoms with van der Waals surface area (Å²) in [7, 11) is -2.98. The maximum atomic E-state index is 12.2. The first-order valence-corrected chi connectivity index (χ1v) is 9.86. The van der Waals surface area contributed by atoms with E-state index in [-0.39, 0.29) is 29.0 Å². The molecule has 0 spiro atoms. The Labute approximate surface area is 151 Å². The number of amides is 1. The van der Waals surface area contributed by atoms with Crippen molar-refractivity contribution in [2.45, 2.75) is 19.4 Å². The van der Waals surface area contributed by atoms with Crippen LogP contribution in [-0.4, -0.2) is 47.6 Å². The monoisotopic (exact) mass is 374 g/mol. The van der Waals surface area contributed by atoms with E-state index in [1.807, 2.05) is 0 Å². The summed E-state index contributed by atoms with van der Waals surface area (Å²) in [6.07, 6.45) is 3.24. The predicted molar refractivity (Wildman–Crippen MR) is 97.1 cm³/mol. The van der Waals surface area contributed by atoms with E-state index in [0.717, 1.165) is 0 Å². The molecule has 9 heteroatoms. The van der Waals surface area contributed by atoms with E-state index in [0.29, 0.717) is 23.5 Å². The zero-order chi connectivity index (χ0) is 18.7. The highest BCUT2D eigenvalue weighted by Crippen LogP contribution is 2.16. The van der Waals surface area contributed by atoms with Gasteiger partial charge in [-0.15, -0.1) is 0 Å². The third-order valence-electron chi connectivity index (χ3n) is 4.00. The lowest BCUT2D eigenvalue weighted by Gasteiger charge is -2.11. The topological polar surface area (TPSA) is 118 Å². The van der Waals surface area contributed by atoms with Crippen LogP contribution in [0.15, 0.2) is 36.7 Å². The summed E-state index contributed by atoms with van der Waals surface area (Å²) in [5.74, 6) is 0.113. The molecule has 8 nitrogen and oxygen atoms in total. The summed E-state index contributed by atoms with van der Waals surface area (Å²) in [6.45, 7) is 1.45. The van der Waals surface area contributed by atoms with Crippen LogP contribution in [0.25, 0.3) is 0 Å². The predicted octanol–water partition coefficient (Wildman–Crippen LogP) is 1.53. The summed E-state index contributed by atoms with van der Waals surface area (Å²) < 4.78 is 22.9. The molecule has 2 aromatic rings. The van der Waals surface area contributed by atoms with Crippen LogP contribution in [0.2, 0.25) is 0 Å². The maximum Gasteiger partial charge on any atom is 0.275 e. The molecule has 1 aromatic carbocycles. The normalized spacial score (nSPS) is 18.3. The average molecular weight is 374 g/mol. The van der Waals surface area contributed by atoms with Gasteiger partial charge in [0, 0.05) is 17.3 Å². The number of aromatic nitrogens is 2. The molecule has 3 rings (SSSR count). The number of hydrogen-bond donors (Lipinski definition) is 2. The van der Waals surface area contributed by atoms with E-state index in [1.54, 1.807) is 24.3 Å². The van der Waals surface area contributed by atoms with Gasteiger partial charge >= 0.3 is 0 Å². The van der Waals surface area contributed by atoms with Gasteiger partial charge in [-0.2, -0.15) is 0 Å². The summed E-state index contributed by atoms with van der Waals surface area (Å²) >= 11 is 0. The van der Waals surface area contributed by atoms with E-state index >= 15 is 0 Å². The quantitative estimate of drug-likeness (QED) is 0.762. The summed E-state index contributed by atoms with van der Waals surface area (Å²) in [6, 6.07) is 6.42. The third-order valence-corrected chi connectivity index (χ3v) is 5.76. The fourth-order valence-corrected chi connectivity index (χ4v) is 4.32. The van der Waals surface area contributed by atoms with Gasteiger partial charge in [0.25, 0.3) is 5.91 Å². The molecule has 0 aliphatic carbocycles. The molecule has 1 saturated heterocycles. The van der Waals surface area contributed by atoms with Gasteiger partial charge in [-0.1, -0.05) is 12.1 Å². The van der Waals surface area contributed by atoms with Crippen LogP contribution in [-0.2, 0) is 9.84 Å². The number of sulfone groups is 1. The molecule has 0 radical (unpaired) electrons. The number of nitrogens with one attached hydrogen (secondary N) is 2. The second-order valence-corrected chi connectivity index (χ2v) is 8.35. The summed E-state index contributed by atoms with van der Waals surface area (Å²) in [4.78, 5) is 31.8. The fraction of sp³-hybridized carbons (Fsp3) is 0.294. The van der Waals surface area contributed by atoms with E-state index in [1.165, 1.54) is 19.3 Å². The zero-order valence-electron chi connectivity index (χ0n) is 14.1. The van der Waals surface area contributed by atoms with Gasteiger partial charge in [-0.05, 0) is 25.5 Å². The maximum absolute atomic E-state index is 12.2. The number of benzene rings is 1. The van der Waals surface area contributed by atoms with Crippen molar-refractivity contribution < 1.29 is 18.0 Å². The van der Waals surface area contributed by atoms with Crippen LogP contribution in [0.4, 0.5) is 11.5 Å². The Morgan fingerprint density at radius 2 is 2.00 bits per heavy atom. The fourth-order valence-electron chi connectivity index (χ4n) is 2.65. The molecule has 0 saturated carbocycles. The molecule has 1 fully saturated rings. The van der Waals surface area contributed by atoms with Crippen LogP contribution in [0, 0.1) is 0 Å². The number of carbonyl (C=O) groups excluding carboxylic acids is 2. The van der Waals surface area contributed by atoms with Gasteiger partial charge in [0.1, 0.15) is 11.5 Å². The lowest BCUT2D eigenvalue weighted by atomic mass is 10.1. The minimum Gasteiger partial charge on any atom is -0.365 e. The first-order chi connectivity index (χ1) is 12.3. The first kappa shape index (κ1) is 18.0. The van der Waals surface area contributed by atoms with E-state index in [9.17, 15) is 18.0 Å². The third kappa shape index (κ3) is 4.42. The molecule has 2 heterocycles. The van der Waals surface area contributed by atoms with Gasteiger partial charge in [0.15, 0.2) is 15.6 Å². The van der Waals surface area contributed by atoms with Gasteiger partial charge in [0.2, 0.25) is 0 Å². The van der Waals surface area contributed by atoms with Crippen molar-refractivity contribution in [3.8, 4) is 0 Å². The molecule has 0 bridgehead atoms. The van der Waals surface area contributed by atoms with Crippen molar-refractivity contribution in [2.75, 3.05) is 22.1 Å². The number of hydrogen-bond acceptors (Lipinski definition) is 7. The van der Waals surface area contributed by atoms with Crippen LogP contribution in [0.3, 0.4) is 0 Å². The molecule has 1 unspecified atom stereocenters. The average Bonchev–Trinajstić information content (AvgIpc) is 2.94. The summed E-state index contributed by atoms with van der Waals surface area (Å²) in [5, 5.41) is 5.67. The number of anilines is 2. The SMILES string of the molecule is CC(=O)c1cccc(NC(=O)c2cnc(NC3CCS(=O)(=O)C3)cn2)c1. The van der Waals surface area contributed by atoms with Crippen molar-refractivity contribution in [3.63, 3.8) is 0 Å². The smallest absolute Gasteiger partial charge is 0.275 e. The highest BCUT2D eigenvalue weighted by atomic mass is 32.2. The Bertz CT molecular complexity index is 941. The standard InChI is InChI=1S/C17H18N4O4S/c1-11(22)12-3-2-4-13(7-12)21-17(23)15-8-19-16(9-18-15)20-14-5-6-26(24,25)10-14/h2-4,7-9,14H,5-6,10H2,1H3,(H,19,20)(H,21,23). The molecule has 1 amide bonds. The zero-order valence-corrected chi connectivity index (χ0v) is 14.9. The Kier molecular flexibility index (Phi) is 4.99. The molecular weight excluding hydrogens is 356 g/mol. The molecule has 1 atom stereocenters. The molecule has 1 aromatic heterocycles. The second-order valence-electron chi connectivity index (χ2n) is 6.12. The minimum absolute atomic E-state index is 0.0728. The number of rotatable bonds is 5. The summed E-state index contributed by atoms with van der Waals surface area (Å²) in [5.41, 5.74) is 1.10. The highest BCUT2D eigenvalue weighted by Gasteiger charge is 2.28. The van der Waals surface area contributed by atoms with E-state index < -0.39 is 15.7 Å². The Balaban J connectivity index is 1.64. The van der Waals surface area contributed by atoms with Crippen LogP contribution < -0.4 is 10.6 Å². The molecular formula is C17H18N4O4S. The van der Waals surface area contributed by atoms with Crippen molar-refractivity contribution in [1.82, 2.24) is 9.97 Å². The molecule has 26 heavy (non-hydrogen) atoms. The van der Waals surface area contributed by atoms with E-state index in [2.05, 4.69) is 20.6 Å². The van der Waals surface area contributed by atoms with E-state index in [4.69, 9.17) is 0 Å². The molecule has 1 aliphatic rings. The Morgan fingerprint density at radius 3 is 2.62 bits per heavy atom. The van der Waals surface area contributed by atoms with Gasteiger partial charge < -0.3 is 10.6 Å². The van der Waals surface area contributed by atoms with Crippen molar-refractivity contribution in [1.29, 1.82) is 0 Å². The minimum atomic E-state index is -2.98. The van der Waals surface area contributed by atoms with Crippen molar-refractivity contribution in [2.24, 2.45) is 0 Å². The highest BCUT2D eigenvalue weighted by molar-refractivity contribution is 7.91. The van der Waals surface area contributed by atoms with Crippen LogP contribution >= 0.6 is 0 Å². The Hall–Kier alpha value is -2.81. The lowest BCUT2D eigenvalue weighted by Crippen LogP contribution is -2.22. The molecule has 2 N–H and O–H groups in total. The number of carbonyl (C=O) groups is 2. The largest absolute Gasteiger partial charge is 0.365 e. The molecule has 136 valence electrons. The Morgan fingerprint density at radius 1 is 1.19 bits per heavy atom. The molecule has 1 aliphatic heterocycles. The van der Waals surface area contributed by atoms with Crippen molar-refractivity contribution >= 4 is 33.0 Å². The van der Waals surface area contributed by atoms with Crippen LogP contribution in [0.5, 0.6) is 0 Å². The van der Waals surface area contributed by atoms with Crippen LogP contribution in [0.1, 0.15) is 34.2 Å². The first-order valence-electron chi connectivity index (χ1n) is 8.04. The van der Waals surface area contributed by atoms with Gasteiger partial charge in [-0.3, -0.25) is 9.59 Å². The lowest BCUT2D eigenvalue weighted by molar-refractivity contribution is 0.100. The number of Topliss-reactive ketones (excluding diaryl/α,β-unsaturated/α-hetero) is 1. The van der Waals surface area contributed by atoms with Gasteiger partial charge in [0.05, 0.1) is 23.9 Å². The number of ketones is 1. The second kappa shape index (κ2) is 7.20. The van der Waals surface area contributed by atoms with Gasteiger partial charge in [-0.25, -0.2) is 18.4 Å². The number of nitrogens with zero attached hydrogens (tertiary/aromatic N) is 2. The van der Waals surface area contributed by atoms with Crippen molar-refractivity contribution in [3.05, 3.63) is 47.9 Å².